The Balaban J connectivity index is 2.38. The van der Waals surface area contributed by atoms with Gasteiger partial charge in [0.15, 0.2) is 0 Å². The summed E-state index contributed by atoms with van der Waals surface area (Å²) in [6.45, 7) is 1.80. The highest BCUT2D eigenvalue weighted by molar-refractivity contribution is 5.78. The normalized spacial score (nSPS) is 9.83. The van der Waals surface area contributed by atoms with Crippen LogP contribution in [0.1, 0.15) is 11.1 Å². The number of nitrogens with two attached hydrogens (primary N) is 1. The van der Waals surface area contributed by atoms with Crippen molar-refractivity contribution in [1.29, 1.82) is 5.26 Å². The van der Waals surface area contributed by atoms with Crippen LogP contribution in [0.15, 0.2) is 36.4 Å². The van der Waals surface area contributed by atoms with Crippen LogP contribution in [0.5, 0.6) is 0 Å². The van der Waals surface area contributed by atoms with E-state index in [2.05, 4.69) is 5.32 Å². The molecule has 18 heavy (non-hydrogen) atoms. The average Bonchev–Trinajstić information content (AvgIpc) is 2.35. The zero-order valence-corrected chi connectivity index (χ0v) is 9.87. The number of rotatable bonds is 2. The van der Waals surface area contributed by atoms with Crippen LogP contribution in [-0.4, -0.2) is 0 Å². The number of benzene rings is 2. The number of para-hydroxylation sites is 1. The number of nitrogens with one attached hydrogen (secondary N) is 1. The lowest BCUT2D eigenvalue weighted by atomic mass is 10.1. The molecule has 0 saturated carbocycles. The third kappa shape index (κ3) is 2.25. The molecular formula is C14H12FN3. The van der Waals surface area contributed by atoms with Crippen LogP contribution in [0.3, 0.4) is 0 Å². The molecule has 2 aromatic rings. The van der Waals surface area contributed by atoms with Gasteiger partial charge in [0, 0.05) is 5.69 Å². The molecular weight excluding hydrogens is 229 g/mol. The van der Waals surface area contributed by atoms with E-state index in [9.17, 15) is 4.39 Å². The Bertz CT molecular complexity index is 629. The van der Waals surface area contributed by atoms with E-state index in [1.807, 2.05) is 6.07 Å². The van der Waals surface area contributed by atoms with E-state index in [1.165, 1.54) is 12.1 Å². The number of nitrogens with zero attached hydrogens (tertiary/aromatic N) is 1. The van der Waals surface area contributed by atoms with Crippen molar-refractivity contribution >= 4 is 17.1 Å². The molecule has 3 N–H and O–H groups in total. The number of nitriles is 1. The number of anilines is 3. The molecule has 0 aliphatic rings. The Labute approximate surface area is 105 Å². The van der Waals surface area contributed by atoms with Gasteiger partial charge in [-0.15, -0.1) is 0 Å². The average molecular weight is 241 g/mol. The van der Waals surface area contributed by atoms with Gasteiger partial charge >= 0.3 is 0 Å². The standard InChI is InChI=1S/C14H12FN3/c1-9-7-11(15)5-6-12(9)18-13-4-2-3-10(8-16)14(13)17/h2-7,18H,17H2,1H3. The highest BCUT2D eigenvalue weighted by Gasteiger charge is 2.06. The number of hydrogen-bond acceptors (Lipinski definition) is 3. The highest BCUT2D eigenvalue weighted by atomic mass is 19.1. The zero-order chi connectivity index (χ0) is 13.1. The summed E-state index contributed by atoms with van der Waals surface area (Å²) in [4.78, 5) is 0. The summed E-state index contributed by atoms with van der Waals surface area (Å²) in [6, 6.07) is 11.6. The molecule has 0 saturated heterocycles. The lowest BCUT2D eigenvalue weighted by Gasteiger charge is -2.12. The second-order valence-electron chi connectivity index (χ2n) is 3.96. The van der Waals surface area contributed by atoms with Crippen LogP contribution < -0.4 is 11.1 Å². The van der Waals surface area contributed by atoms with Gasteiger partial charge in [-0.1, -0.05) is 6.07 Å². The zero-order valence-electron chi connectivity index (χ0n) is 9.87. The van der Waals surface area contributed by atoms with Gasteiger partial charge in [-0.3, -0.25) is 0 Å². The first-order valence-corrected chi connectivity index (χ1v) is 5.43. The second-order valence-corrected chi connectivity index (χ2v) is 3.96. The van der Waals surface area contributed by atoms with E-state index in [-0.39, 0.29) is 5.82 Å². The maximum atomic E-state index is 13.0. The quantitative estimate of drug-likeness (QED) is 0.793. The van der Waals surface area contributed by atoms with E-state index < -0.39 is 0 Å². The molecule has 0 amide bonds. The van der Waals surface area contributed by atoms with Crippen LogP contribution >= 0.6 is 0 Å². The molecule has 0 aliphatic carbocycles. The number of halogens is 1. The molecule has 0 atom stereocenters. The molecule has 0 radical (unpaired) electrons. The van der Waals surface area contributed by atoms with Crippen molar-refractivity contribution in [1.82, 2.24) is 0 Å². The molecule has 90 valence electrons. The van der Waals surface area contributed by atoms with E-state index >= 15 is 0 Å². The van der Waals surface area contributed by atoms with Gasteiger partial charge in [-0.25, -0.2) is 4.39 Å². The minimum atomic E-state index is -0.281. The molecule has 2 aromatic carbocycles. The van der Waals surface area contributed by atoms with Crippen LogP contribution in [0.25, 0.3) is 0 Å². The van der Waals surface area contributed by atoms with Crippen molar-refractivity contribution in [3.63, 3.8) is 0 Å². The largest absolute Gasteiger partial charge is 0.396 e. The Morgan fingerprint density at radius 3 is 2.67 bits per heavy atom. The van der Waals surface area contributed by atoms with Crippen molar-refractivity contribution in [3.05, 3.63) is 53.3 Å². The van der Waals surface area contributed by atoms with E-state index in [0.29, 0.717) is 16.9 Å². The molecule has 3 nitrogen and oxygen atoms in total. The number of aryl methyl sites for hydroxylation is 1. The number of hydrogen-bond donors (Lipinski definition) is 2. The third-order valence-electron chi connectivity index (χ3n) is 2.68. The summed E-state index contributed by atoms with van der Waals surface area (Å²) in [5, 5.41) is 12.0. The maximum absolute atomic E-state index is 13.0. The van der Waals surface area contributed by atoms with Gasteiger partial charge < -0.3 is 11.1 Å². The van der Waals surface area contributed by atoms with Gasteiger partial charge in [-0.2, -0.15) is 5.26 Å². The summed E-state index contributed by atoms with van der Waals surface area (Å²) < 4.78 is 13.0. The first-order chi connectivity index (χ1) is 8.61. The lowest BCUT2D eigenvalue weighted by molar-refractivity contribution is 0.627. The van der Waals surface area contributed by atoms with Crippen molar-refractivity contribution in [2.75, 3.05) is 11.1 Å². The predicted octanol–water partition coefficient (Wildman–Crippen LogP) is 3.33. The highest BCUT2D eigenvalue weighted by Crippen LogP contribution is 2.27. The Morgan fingerprint density at radius 2 is 2.00 bits per heavy atom. The molecule has 0 unspecified atom stereocenters. The fourth-order valence-corrected chi connectivity index (χ4v) is 1.68. The first-order valence-electron chi connectivity index (χ1n) is 5.43. The van der Waals surface area contributed by atoms with Gasteiger partial charge in [0.2, 0.25) is 0 Å². The summed E-state index contributed by atoms with van der Waals surface area (Å²) in [5.74, 6) is -0.281. The SMILES string of the molecule is Cc1cc(F)ccc1Nc1cccc(C#N)c1N. The summed E-state index contributed by atoms with van der Waals surface area (Å²) >= 11 is 0. The van der Waals surface area contributed by atoms with Crippen LogP contribution in [0, 0.1) is 24.1 Å². The smallest absolute Gasteiger partial charge is 0.123 e. The molecule has 0 spiro atoms. The molecule has 0 aliphatic heterocycles. The van der Waals surface area contributed by atoms with Crippen LogP contribution in [0.2, 0.25) is 0 Å². The van der Waals surface area contributed by atoms with Gasteiger partial charge in [0.25, 0.3) is 0 Å². The van der Waals surface area contributed by atoms with Crippen LogP contribution in [-0.2, 0) is 0 Å². The van der Waals surface area contributed by atoms with Gasteiger partial charge in [-0.05, 0) is 42.8 Å². The topological polar surface area (TPSA) is 61.8 Å². The summed E-state index contributed by atoms with van der Waals surface area (Å²) in [7, 11) is 0. The van der Waals surface area contributed by atoms with E-state index in [4.69, 9.17) is 11.0 Å². The lowest BCUT2D eigenvalue weighted by Crippen LogP contribution is -2.00. The molecule has 0 heterocycles. The fourth-order valence-electron chi connectivity index (χ4n) is 1.68. The Morgan fingerprint density at radius 1 is 1.22 bits per heavy atom. The van der Waals surface area contributed by atoms with Crippen molar-refractivity contribution in [2.45, 2.75) is 6.92 Å². The Hall–Kier alpha value is -2.54. The molecule has 4 heteroatoms. The predicted molar refractivity (Wildman–Crippen MR) is 70.0 cm³/mol. The monoisotopic (exact) mass is 241 g/mol. The Kier molecular flexibility index (Phi) is 3.16. The van der Waals surface area contributed by atoms with Crippen molar-refractivity contribution < 1.29 is 4.39 Å². The van der Waals surface area contributed by atoms with Crippen LogP contribution in [0.4, 0.5) is 21.5 Å². The summed E-state index contributed by atoms with van der Waals surface area (Å²) in [5.41, 5.74) is 8.85. The first kappa shape index (κ1) is 11.9. The minimum absolute atomic E-state index is 0.281. The third-order valence-corrected chi connectivity index (χ3v) is 2.68. The van der Waals surface area contributed by atoms with E-state index in [0.717, 1.165) is 11.3 Å². The maximum Gasteiger partial charge on any atom is 0.123 e. The molecule has 0 fully saturated rings. The number of nitrogen functional groups attached to an aromatic ring is 1. The molecule has 0 aromatic heterocycles. The summed E-state index contributed by atoms with van der Waals surface area (Å²) in [6.07, 6.45) is 0. The van der Waals surface area contributed by atoms with E-state index in [1.54, 1.807) is 31.2 Å². The van der Waals surface area contributed by atoms with Gasteiger partial charge in [0.05, 0.1) is 16.9 Å². The second kappa shape index (κ2) is 4.76. The molecule has 0 bridgehead atoms. The minimum Gasteiger partial charge on any atom is -0.396 e. The van der Waals surface area contributed by atoms with Crippen molar-refractivity contribution in [2.24, 2.45) is 0 Å². The fraction of sp³-hybridized carbons (Fsp3) is 0.0714. The molecule has 2 rings (SSSR count). The van der Waals surface area contributed by atoms with Gasteiger partial charge in [0.1, 0.15) is 11.9 Å². The van der Waals surface area contributed by atoms with Crippen molar-refractivity contribution in [3.8, 4) is 6.07 Å².